The molecule has 0 aromatic rings. The van der Waals surface area contributed by atoms with Gasteiger partial charge in [0.25, 0.3) is 0 Å². The van der Waals surface area contributed by atoms with Crippen molar-refractivity contribution in [2.75, 3.05) is 13.1 Å². The molecular weight excluding hydrogens is 244 g/mol. The standard InChI is InChI=1S/C18H34N2/c1-14-6-4-8-16(12-14)18(13-19)20-11-5-9-15-7-2-3-10-17(15)20/h14-18H,2-13,19H2,1H3. The highest BCUT2D eigenvalue weighted by molar-refractivity contribution is 4.94. The van der Waals surface area contributed by atoms with Crippen molar-refractivity contribution >= 4 is 0 Å². The predicted octanol–water partition coefficient (Wildman–Crippen LogP) is 3.79. The molecule has 0 aromatic heterocycles. The van der Waals surface area contributed by atoms with Crippen LogP contribution in [0.15, 0.2) is 0 Å². The largest absolute Gasteiger partial charge is 0.329 e. The van der Waals surface area contributed by atoms with E-state index in [1.165, 1.54) is 70.8 Å². The lowest BCUT2D eigenvalue weighted by Gasteiger charge is -2.50. The molecule has 0 aromatic carbocycles. The van der Waals surface area contributed by atoms with Crippen molar-refractivity contribution in [1.82, 2.24) is 4.90 Å². The number of likely N-dealkylation sites (tertiary alicyclic amines) is 1. The number of piperidine rings is 1. The summed E-state index contributed by atoms with van der Waals surface area (Å²) in [6.07, 6.45) is 14.5. The lowest BCUT2D eigenvalue weighted by Crippen LogP contribution is -2.56. The van der Waals surface area contributed by atoms with Gasteiger partial charge in [-0.05, 0) is 62.8 Å². The molecule has 3 aliphatic rings. The van der Waals surface area contributed by atoms with Crippen LogP contribution in [0.25, 0.3) is 0 Å². The van der Waals surface area contributed by atoms with Crippen molar-refractivity contribution in [3.05, 3.63) is 0 Å². The second-order valence-electron chi connectivity index (χ2n) is 7.83. The van der Waals surface area contributed by atoms with E-state index in [-0.39, 0.29) is 0 Å². The maximum Gasteiger partial charge on any atom is 0.0249 e. The van der Waals surface area contributed by atoms with Gasteiger partial charge < -0.3 is 5.73 Å². The average molecular weight is 278 g/mol. The molecule has 2 N–H and O–H groups in total. The van der Waals surface area contributed by atoms with Crippen LogP contribution in [0.4, 0.5) is 0 Å². The molecule has 0 radical (unpaired) electrons. The number of rotatable bonds is 3. The fourth-order valence-corrected chi connectivity index (χ4v) is 5.50. The van der Waals surface area contributed by atoms with Gasteiger partial charge in [0.1, 0.15) is 0 Å². The molecule has 20 heavy (non-hydrogen) atoms. The average Bonchev–Trinajstić information content (AvgIpc) is 2.48. The Bertz CT molecular complexity index is 302. The van der Waals surface area contributed by atoms with Crippen LogP contribution in [-0.2, 0) is 0 Å². The monoisotopic (exact) mass is 278 g/mol. The summed E-state index contributed by atoms with van der Waals surface area (Å²) in [7, 11) is 0. The molecular formula is C18H34N2. The minimum absolute atomic E-state index is 0.684. The second-order valence-corrected chi connectivity index (χ2v) is 7.83. The van der Waals surface area contributed by atoms with E-state index in [2.05, 4.69) is 11.8 Å². The van der Waals surface area contributed by atoms with Crippen LogP contribution in [0.3, 0.4) is 0 Å². The minimum atomic E-state index is 0.684. The highest BCUT2D eigenvalue weighted by atomic mass is 15.2. The molecule has 5 atom stereocenters. The van der Waals surface area contributed by atoms with Gasteiger partial charge in [0.05, 0.1) is 0 Å². The van der Waals surface area contributed by atoms with Gasteiger partial charge in [0.2, 0.25) is 0 Å². The van der Waals surface area contributed by atoms with E-state index in [0.29, 0.717) is 6.04 Å². The maximum absolute atomic E-state index is 6.26. The van der Waals surface area contributed by atoms with Crippen LogP contribution in [-0.4, -0.2) is 30.1 Å². The summed E-state index contributed by atoms with van der Waals surface area (Å²) >= 11 is 0. The predicted molar refractivity (Wildman–Crippen MR) is 85.7 cm³/mol. The molecule has 1 saturated heterocycles. The second kappa shape index (κ2) is 6.79. The van der Waals surface area contributed by atoms with E-state index >= 15 is 0 Å². The zero-order valence-corrected chi connectivity index (χ0v) is 13.4. The first-order chi connectivity index (χ1) is 9.79. The molecule has 0 bridgehead atoms. The van der Waals surface area contributed by atoms with E-state index in [9.17, 15) is 0 Å². The summed E-state index contributed by atoms with van der Waals surface area (Å²) in [5, 5.41) is 0. The van der Waals surface area contributed by atoms with Crippen LogP contribution in [0.2, 0.25) is 0 Å². The highest BCUT2D eigenvalue weighted by Crippen LogP contribution is 2.40. The lowest BCUT2D eigenvalue weighted by atomic mass is 9.74. The molecule has 0 amide bonds. The van der Waals surface area contributed by atoms with Crippen molar-refractivity contribution in [2.45, 2.75) is 83.2 Å². The zero-order chi connectivity index (χ0) is 13.9. The molecule has 2 aliphatic carbocycles. The van der Waals surface area contributed by atoms with Gasteiger partial charge in [-0.15, -0.1) is 0 Å². The number of nitrogens with two attached hydrogens (primary N) is 1. The van der Waals surface area contributed by atoms with Crippen molar-refractivity contribution in [1.29, 1.82) is 0 Å². The molecule has 0 spiro atoms. The van der Waals surface area contributed by atoms with Gasteiger partial charge >= 0.3 is 0 Å². The van der Waals surface area contributed by atoms with Crippen LogP contribution in [0.1, 0.15) is 71.1 Å². The first-order valence-electron chi connectivity index (χ1n) is 9.25. The Morgan fingerprint density at radius 2 is 1.80 bits per heavy atom. The minimum Gasteiger partial charge on any atom is -0.329 e. The Labute approximate surface area is 125 Å². The molecule has 1 aliphatic heterocycles. The first kappa shape index (κ1) is 14.8. The lowest BCUT2D eigenvalue weighted by molar-refractivity contribution is -0.00259. The van der Waals surface area contributed by atoms with Crippen molar-refractivity contribution in [2.24, 2.45) is 23.5 Å². The van der Waals surface area contributed by atoms with Crippen molar-refractivity contribution in [3.8, 4) is 0 Å². The van der Waals surface area contributed by atoms with E-state index in [1.807, 2.05) is 0 Å². The molecule has 3 rings (SSSR count). The third-order valence-electron chi connectivity index (χ3n) is 6.47. The summed E-state index contributed by atoms with van der Waals surface area (Å²) < 4.78 is 0. The smallest absolute Gasteiger partial charge is 0.0249 e. The highest BCUT2D eigenvalue weighted by Gasteiger charge is 2.39. The third-order valence-corrected chi connectivity index (χ3v) is 6.47. The number of fused-ring (bicyclic) bond motifs is 1. The molecule has 2 nitrogen and oxygen atoms in total. The fourth-order valence-electron chi connectivity index (χ4n) is 5.50. The molecule has 1 heterocycles. The van der Waals surface area contributed by atoms with Gasteiger partial charge in [-0.25, -0.2) is 0 Å². The van der Waals surface area contributed by atoms with Gasteiger partial charge in [-0.2, -0.15) is 0 Å². The quantitative estimate of drug-likeness (QED) is 0.851. The van der Waals surface area contributed by atoms with E-state index in [4.69, 9.17) is 5.73 Å². The molecule has 5 unspecified atom stereocenters. The summed E-state index contributed by atoms with van der Waals surface area (Å²) in [5.74, 6) is 2.80. The Balaban J connectivity index is 1.70. The molecule has 2 saturated carbocycles. The Kier molecular flexibility index (Phi) is 5.04. The normalized spacial score (nSPS) is 41.1. The summed E-state index contributed by atoms with van der Waals surface area (Å²) in [4.78, 5) is 2.88. The summed E-state index contributed by atoms with van der Waals surface area (Å²) in [6, 6.07) is 1.56. The first-order valence-corrected chi connectivity index (χ1v) is 9.25. The van der Waals surface area contributed by atoms with Gasteiger partial charge in [-0.1, -0.05) is 32.6 Å². The number of nitrogens with zero attached hydrogens (tertiary/aromatic N) is 1. The Morgan fingerprint density at radius 1 is 1.00 bits per heavy atom. The Morgan fingerprint density at radius 3 is 2.60 bits per heavy atom. The van der Waals surface area contributed by atoms with Crippen LogP contribution in [0.5, 0.6) is 0 Å². The molecule has 3 fully saturated rings. The molecule has 116 valence electrons. The maximum atomic E-state index is 6.26. The topological polar surface area (TPSA) is 29.3 Å². The molecule has 2 heteroatoms. The number of hydrogen-bond acceptors (Lipinski definition) is 2. The summed E-state index contributed by atoms with van der Waals surface area (Å²) in [5.41, 5.74) is 6.26. The van der Waals surface area contributed by atoms with Crippen molar-refractivity contribution < 1.29 is 0 Å². The SMILES string of the molecule is CC1CCCC(C(CN)N2CCCC3CCCCC32)C1. The van der Waals surface area contributed by atoms with E-state index in [1.54, 1.807) is 0 Å². The number of hydrogen-bond donors (Lipinski definition) is 1. The van der Waals surface area contributed by atoms with E-state index < -0.39 is 0 Å². The summed E-state index contributed by atoms with van der Waals surface area (Å²) in [6.45, 7) is 4.66. The van der Waals surface area contributed by atoms with E-state index in [0.717, 1.165) is 30.3 Å². The Hall–Kier alpha value is -0.0800. The van der Waals surface area contributed by atoms with Crippen LogP contribution in [0, 0.1) is 17.8 Å². The third kappa shape index (κ3) is 3.06. The van der Waals surface area contributed by atoms with Crippen LogP contribution < -0.4 is 5.73 Å². The van der Waals surface area contributed by atoms with Crippen LogP contribution >= 0.6 is 0 Å². The fraction of sp³-hybridized carbons (Fsp3) is 1.00. The van der Waals surface area contributed by atoms with Gasteiger partial charge in [0, 0.05) is 18.6 Å². The van der Waals surface area contributed by atoms with Crippen molar-refractivity contribution in [3.63, 3.8) is 0 Å². The van der Waals surface area contributed by atoms with Gasteiger partial charge in [-0.3, -0.25) is 4.90 Å². The van der Waals surface area contributed by atoms with Gasteiger partial charge in [0.15, 0.2) is 0 Å². The zero-order valence-electron chi connectivity index (χ0n) is 13.4.